The van der Waals surface area contributed by atoms with Crippen LogP contribution in [0.1, 0.15) is 115 Å². The van der Waals surface area contributed by atoms with E-state index in [4.69, 9.17) is 35.5 Å². The largest absolute Gasteiger partial charge is 0.356 e. The molecule has 272 valence electrons. The average Bonchev–Trinajstić information content (AvgIpc) is 3.89. The maximum absolute atomic E-state index is 6.78. The lowest BCUT2D eigenvalue weighted by molar-refractivity contribution is -0.240. The summed E-state index contributed by atoms with van der Waals surface area (Å²) in [6.45, 7) is 7.75. The maximum atomic E-state index is 6.78. The lowest BCUT2D eigenvalue weighted by atomic mass is 9.64. The third-order valence-electron chi connectivity index (χ3n) is 11.9. The standard InChI is InChI=1S/C43H58ClNO4S/c1-41(2,49-39-14-7-9-26-48-39)42(3)23-8-6-13-34(42)18-22-38(50-30-43(24-25-43)29-40(46-4)47-5)33-12-10-11-31(27-33)15-20-36-21-17-32-16-19-35(44)28-37(32)45-36/h6,8,12-13,15,17,20-21,27-28,38-40H,7,9-11,14,16,18-19,22-26,29-30H2,1-5H3/b20-15+. The maximum Gasteiger partial charge on any atom is 0.158 e. The fraction of sp³-hybridized carbons (Fsp3) is 0.605. The predicted octanol–water partition coefficient (Wildman–Crippen LogP) is 11.2. The zero-order valence-electron chi connectivity index (χ0n) is 31.0. The Morgan fingerprint density at radius 3 is 2.70 bits per heavy atom. The minimum absolute atomic E-state index is 0.106. The van der Waals surface area contributed by atoms with Crippen molar-refractivity contribution in [1.82, 2.24) is 4.98 Å². The average molecular weight is 720 g/mol. The molecule has 3 atom stereocenters. The first-order valence-corrected chi connectivity index (χ1v) is 20.3. The number of pyridine rings is 1. The van der Waals surface area contributed by atoms with Crippen molar-refractivity contribution in [3.05, 3.63) is 87.3 Å². The molecule has 7 heteroatoms. The molecule has 4 aliphatic carbocycles. The number of hydrogen-bond acceptors (Lipinski definition) is 6. The molecule has 0 spiro atoms. The van der Waals surface area contributed by atoms with Gasteiger partial charge in [0, 0.05) is 42.9 Å². The number of aromatic nitrogens is 1. The fourth-order valence-corrected chi connectivity index (χ4v) is 9.69. The molecule has 2 heterocycles. The highest BCUT2D eigenvalue weighted by molar-refractivity contribution is 8.00. The second-order valence-corrected chi connectivity index (χ2v) is 17.4. The Labute approximate surface area is 310 Å². The normalized spacial score (nSPS) is 25.5. The Balaban J connectivity index is 1.19. The first-order valence-electron chi connectivity index (χ1n) is 18.9. The van der Waals surface area contributed by atoms with Crippen LogP contribution in [0.25, 0.3) is 12.2 Å². The number of hydrogen-bond donors (Lipinski definition) is 0. The zero-order valence-corrected chi connectivity index (χ0v) is 32.6. The van der Waals surface area contributed by atoms with E-state index in [9.17, 15) is 0 Å². The number of halogens is 1. The molecule has 0 N–H and O–H groups in total. The van der Waals surface area contributed by atoms with Crippen LogP contribution in [0.15, 0.2) is 70.3 Å². The molecule has 1 aromatic rings. The summed E-state index contributed by atoms with van der Waals surface area (Å²) >= 11 is 8.49. The Morgan fingerprint density at radius 1 is 1.10 bits per heavy atom. The molecule has 3 unspecified atom stereocenters. The summed E-state index contributed by atoms with van der Waals surface area (Å²) in [5.41, 5.74) is 7.42. The van der Waals surface area contributed by atoms with Gasteiger partial charge in [-0.1, -0.05) is 66.6 Å². The number of aryl methyl sites for hydroxylation is 1. The fourth-order valence-electron chi connectivity index (χ4n) is 7.89. The van der Waals surface area contributed by atoms with Crippen molar-refractivity contribution in [2.75, 3.05) is 26.6 Å². The molecule has 1 aromatic heterocycles. The monoisotopic (exact) mass is 719 g/mol. The van der Waals surface area contributed by atoms with Crippen molar-refractivity contribution in [3.8, 4) is 0 Å². The van der Waals surface area contributed by atoms with Gasteiger partial charge in [-0.15, -0.1) is 0 Å². The van der Waals surface area contributed by atoms with Crippen LogP contribution in [0.2, 0.25) is 0 Å². The van der Waals surface area contributed by atoms with Gasteiger partial charge >= 0.3 is 0 Å². The predicted molar refractivity (Wildman–Crippen MR) is 209 cm³/mol. The van der Waals surface area contributed by atoms with Crippen LogP contribution in [0.5, 0.6) is 0 Å². The van der Waals surface area contributed by atoms with Gasteiger partial charge in [0.1, 0.15) is 0 Å². The molecular formula is C43H58ClNO4S. The van der Waals surface area contributed by atoms with Gasteiger partial charge in [-0.2, -0.15) is 11.8 Å². The third kappa shape index (κ3) is 9.35. The highest BCUT2D eigenvalue weighted by Crippen LogP contribution is 2.54. The Morgan fingerprint density at radius 2 is 1.94 bits per heavy atom. The van der Waals surface area contributed by atoms with Crippen LogP contribution in [0, 0.1) is 10.8 Å². The molecule has 0 amide bonds. The van der Waals surface area contributed by atoms with E-state index in [-0.39, 0.29) is 23.6 Å². The number of nitrogens with zero attached hydrogens (tertiary/aromatic N) is 1. The molecule has 1 saturated carbocycles. The smallest absolute Gasteiger partial charge is 0.158 e. The van der Waals surface area contributed by atoms with E-state index < -0.39 is 0 Å². The minimum Gasteiger partial charge on any atom is -0.356 e. The molecule has 1 aliphatic heterocycles. The second-order valence-electron chi connectivity index (χ2n) is 15.7. The van der Waals surface area contributed by atoms with Crippen molar-refractivity contribution in [3.63, 3.8) is 0 Å². The van der Waals surface area contributed by atoms with Gasteiger partial charge in [-0.05, 0) is 137 Å². The van der Waals surface area contributed by atoms with E-state index in [1.807, 2.05) is 6.08 Å². The molecule has 0 bridgehead atoms. The summed E-state index contributed by atoms with van der Waals surface area (Å²) in [6, 6.07) is 4.34. The van der Waals surface area contributed by atoms with Gasteiger partial charge in [0.15, 0.2) is 12.6 Å². The number of thioether (sulfide) groups is 1. The first kappa shape index (κ1) is 37.8. The van der Waals surface area contributed by atoms with Crippen LogP contribution >= 0.6 is 23.4 Å². The van der Waals surface area contributed by atoms with Crippen LogP contribution in [-0.2, 0) is 25.4 Å². The van der Waals surface area contributed by atoms with E-state index in [0.717, 1.165) is 93.0 Å². The van der Waals surface area contributed by atoms with E-state index >= 15 is 0 Å². The van der Waals surface area contributed by atoms with E-state index in [1.54, 1.807) is 14.2 Å². The zero-order chi connectivity index (χ0) is 35.2. The summed E-state index contributed by atoms with van der Waals surface area (Å²) in [4.78, 5) is 4.91. The summed E-state index contributed by atoms with van der Waals surface area (Å²) < 4.78 is 24.1. The summed E-state index contributed by atoms with van der Waals surface area (Å²) in [7, 11) is 3.51. The minimum atomic E-state index is -0.352. The van der Waals surface area contributed by atoms with Crippen molar-refractivity contribution < 1.29 is 18.9 Å². The van der Waals surface area contributed by atoms with E-state index in [1.165, 1.54) is 41.5 Å². The topological polar surface area (TPSA) is 49.8 Å². The van der Waals surface area contributed by atoms with E-state index in [2.05, 4.69) is 87.2 Å². The van der Waals surface area contributed by atoms with E-state index in [0.29, 0.717) is 10.7 Å². The number of allylic oxidation sites excluding steroid dienone is 8. The number of rotatable bonds is 16. The Kier molecular flexibility index (Phi) is 12.7. The molecule has 2 fully saturated rings. The first-order chi connectivity index (χ1) is 24.1. The van der Waals surface area contributed by atoms with Crippen LogP contribution < -0.4 is 0 Å². The molecule has 0 aromatic carbocycles. The van der Waals surface area contributed by atoms with Crippen molar-refractivity contribution in [1.29, 1.82) is 0 Å². The van der Waals surface area contributed by atoms with Crippen LogP contribution in [-0.4, -0.2) is 55.0 Å². The third-order valence-corrected chi connectivity index (χ3v) is 13.9. The van der Waals surface area contributed by atoms with Gasteiger partial charge in [0.25, 0.3) is 0 Å². The SMILES string of the molecule is COC(CC1(CSC(CCC2=CC=CCC2(C)C(C)(C)OC2CCCCO2)C2=CCCC(/C=C/c3ccc4c(n3)C=C(Cl)CC4)=C2)CC1)OC. The summed E-state index contributed by atoms with van der Waals surface area (Å²) in [6.07, 6.45) is 31.9. The molecule has 6 rings (SSSR count). The summed E-state index contributed by atoms with van der Waals surface area (Å²) in [5, 5.41) is 1.29. The van der Waals surface area contributed by atoms with Gasteiger partial charge in [-0.25, -0.2) is 4.98 Å². The lowest BCUT2D eigenvalue weighted by Crippen LogP contribution is -2.48. The van der Waals surface area contributed by atoms with Crippen molar-refractivity contribution >= 4 is 35.5 Å². The van der Waals surface area contributed by atoms with Crippen molar-refractivity contribution in [2.45, 2.75) is 128 Å². The second kappa shape index (κ2) is 16.8. The molecule has 5 nitrogen and oxygen atoms in total. The van der Waals surface area contributed by atoms with Crippen LogP contribution in [0.3, 0.4) is 0 Å². The van der Waals surface area contributed by atoms with Gasteiger partial charge < -0.3 is 18.9 Å². The molecular weight excluding hydrogens is 662 g/mol. The molecule has 5 aliphatic rings. The molecule has 1 saturated heterocycles. The Hall–Kier alpha value is -1.93. The number of ether oxygens (including phenoxy) is 4. The van der Waals surface area contributed by atoms with Gasteiger partial charge in [0.05, 0.1) is 17.0 Å². The number of fused-ring (bicyclic) bond motifs is 1. The van der Waals surface area contributed by atoms with Crippen LogP contribution in [0.4, 0.5) is 0 Å². The highest BCUT2D eigenvalue weighted by Gasteiger charge is 2.47. The Bertz CT molecular complexity index is 1520. The van der Waals surface area contributed by atoms with Gasteiger partial charge in [-0.3, -0.25) is 0 Å². The lowest BCUT2D eigenvalue weighted by Gasteiger charge is -2.48. The quantitative estimate of drug-likeness (QED) is 0.159. The number of methoxy groups -OCH3 is 2. The summed E-state index contributed by atoms with van der Waals surface area (Å²) in [5.74, 6) is 1.12. The van der Waals surface area contributed by atoms with Gasteiger partial charge in [0.2, 0.25) is 0 Å². The highest BCUT2D eigenvalue weighted by atomic mass is 35.5. The molecule has 0 radical (unpaired) electrons. The molecule has 50 heavy (non-hydrogen) atoms. The van der Waals surface area contributed by atoms with Crippen molar-refractivity contribution in [2.24, 2.45) is 10.8 Å².